The quantitative estimate of drug-likeness (QED) is 0.555. The number of benzene rings is 2. The molecule has 1 aliphatic heterocycles. The highest BCUT2D eigenvalue weighted by molar-refractivity contribution is 5.99. The van der Waals surface area contributed by atoms with Gasteiger partial charge in [0.2, 0.25) is 0 Å². The van der Waals surface area contributed by atoms with Gasteiger partial charge in [0.25, 0.3) is 5.91 Å². The van der Waals surface area contributed by atoms with Crippen molar-refractivity contribution in [3.8, 4) is 11.5 Å². The van der Waals surface area contributed by atoms with Crippen LogP contribution in [0.1, 0.15) is 42.9 Å². The fourth-order valence-electron chi connectivity index (χ4n) is 3.39. The number of carbonyl (C=O) groups is 1. The molecule has 0 unspecified atom stereocenters. The smallest absolute Gasteiger partial charge is 0.277 e. The van der Waals surface area contributed by atoms with Gasteiger partial charge < -0.3 is 9.84 Å². The van der Waals surface area contributed by atoms with E-state index in [1.807, 2.05) is 50.2 Å². The van der Waals surface area contributed by atoms with E-state index in [9.17, 15) is 9.90 Å². The lowest BCUT2D eigenvalue weighted by Crippen LogP contribution is -2.29. The Hall–Kier alpha value is -2.86. The first-order valence-electron chi connectivity index (χ1n) is 10.1. The van der Waals surface area contributed by atoms with Crippen LogP contribution in [-0.4, -0.2) is 41.3 Å². The number of phenols is 1. The summed E-state index contributed by atoms with van der Waals surface area (Å²) >= 11 is 0. The third-order valence-corrected chi connectivity index (χ3v) is 5.05. The lowest BCUT2D eigenvalue weighted by molar-refractivity contribution is -0.123. The van der Waals surface area contributed by atoms with Gasteiger partial charge in [0.15, 0.2) is 6.61 Å². The van der Waals surface area contributed by atoms with Gasteiger partial charge in [-0.25, -0.2) is 5.43 Å². The summed E-state index contributed by atoms with van der Waals surface area (Å²) in [7, 11) is 0. The fraction of sp³-hybridized carbons (Fsp3) is 0.391. The van der Waals surface area contributed by atoms with Crippen molar-refractivity contribution in [1.29, 1.82) is 0 Å². The van der Waals surface area contributed by atoms with Crippen molar-refractivity contribution in [1.82, 2.24) is 10.3 Å². The van der Waals surface area contributed by atoms with Gasteiger partial charge in [0.1, 0.15) is 11.5 Å². The first kappa shape index (κ1) is 20.9. The van der Waals surface area contributed by atoms with Crippen molar-refractivity contribution in [2.45, 2.75) is 39.7 Å². The summed E-state index contributed by atoms with van der Waals surface area (Å²) in [5.74, 6) is 0.627. The zero-order valence-corrected chi connectivity index (χ0v) is 17.1. The number of phenolic OH excluding ortho intramolecular Hbond substituents is 1. The fourth-order valence-corrected chi connectivity index (χ4v) is 3.39. The van der Waals surface area contributed by atoms with Gasteiger partial charge in [-0.15, -0.1) is 0 Å². The number of hydrogen-bond donors (Lipinski definition) is 2. The average Bonchev–Trinajstić information content (AvgIpc) is 2.73. The number of nitrogens with one attached hydrogen (secondary N) is 1. The normalized spacial score (nSPS) is 15.2. The highest BCUT2D eigenvalue weighted by Gasteiger charge is 2.13. The van der Waals surface area contributed by atoms with Crippen LogP contribution in [0.5, 0.6) is 11.5 Å². The van der Waals surface area contributed by atoms with E-state index in [1.54, 1.807) is 6.07 Å². The average molecular weight is 396 g/mol. The van der Waals surface area contributed by atoms with E-state index in [-0.39, 0.29) is 12.5 Å². The lowest BCUT2D eigenvalue weighted by atomic mass is 10.0. The third-order valence-electron chi connectivity index (χ3n) is 5.05. The van der Waals surface area contributed by atoms with Gasteiger partial charge in [-0.05, 0) is 81.2 Å². The van der Waals surface area contributed by atoms with E-state index in [4.69, 9.17) is 4.74 Å². The molecule has 1 aliphatic rings. The van der Waals surface area contributed by atoms with Crippen LogP contribution < -0.4 is 10.2 Å². The first-order chi connectivity index (χ1) is 14.0. The molecule has 0 aliphatic carbocycles. The van der Waals surface area contributed by atoms with Crippen molar-refractivity contribution < 1.29 is 14.6 Å². The molecule has 0 bridgehead atoms. The van der Waals surface area contributed by atoms with Crippen LogP contribution in [0.2, 0.25) is 0 Å². The molecule has 1 fully saturated rings. The predicted molar refractivity (Wildman–Crippen MR) is 114 cm³/mol. The van der Waals surface area contributed by atoms with Gasteiger partial charge in [-0.1, -0.05) is 18.6 Å². The molecule has 2 aromatic rings. The van der Waals surface area contributed by atoms with Crippen LogP contribution in [0.25, 0.3) is 0 Å². The third kappa shape index (κ3) is 6.32. The van der Waals surface area contributed by atoms with Crippen molar-refractivity contribution in [2.75, 3.05) is 19.7 Å². The molecule has 154 valence electrons. The molecule has 1 heterocycles. The van der Waals surface area contributed by atoms with E-state index >= 15 is 0 Å². The Kier molecular flexibility index (Phi) is 7.25. The number of piperidine rings is 1. The maximum absolute atomic E-state index is 12.0. The van der Waals surface area contributed by atoms with Crippen molar-refractivity contribution in [2.24, 2.45) is 5.10 Å². The maximum atomic E-state index is 12.0. The van der Waals surface area contributed by atoms with Crippen molar-refractivity contribution >= 4 is 11.6 Å². The second-order valence-electron chi connectivity index (χ2n) is 7.52. The summed E-state index contributed by atoms with van der Waals surface area (Å²) in [4.78, 5) is 14.4. The molecular weight excluding hydrogens is 366 g/mol. The van der Waals surface area contributed by atoms with E-state index < -0.39 is 0 Å². The van der Waals surface area contributed by atoms with E-state index in [2.05, 4.69) is 15.4 Å². The van der Waals surface area contributed by atoms with E-state index in [0.29, 0.717) is 17.2 Å². The molecule has 3 rings (SSSR count). The van der Waals surface area contributed by atoms with E-state index in [0.717, 1.165) is 36.3 Å². The van der Waals surface area contributed by atoms with Crippen LogP contribution in [-0.2, 0) is 11.3 Å². The molecule has 2 N–H and O–H groups in total. The molecule has 0 saturated carbocycles. The summed E-state index contributed by atoms with van der Waals surface area (Å²) in [6.07, 6.45) is 3.69. The number of hydrogen-bond acceptors (Lipinski definition) is 5. The second-order valence-corrected chi connectivity index (χ2v) is 7.52. The molecule has 1 saturated heterocycles. The maximum Gasteiger partial charge on any atom is 0.277 e. The zero-order valence-electron chi connectivity index (χ0n) is 17.1. The molecule has 0 spiro atoms. The van der Waals surface area contributed by atoms with Crippen LogP contribution in [0, 0.1) is 6.92 Å². The number of aromatic hydroxyl groups is 1. The van der Waals surface area contributed by atoms with Gasteiger partial charge in [-0.2, -0.15) is 5.10 Å². The summed E-state index contributed by atoms with van der Waals surface area (Å²) in [6.45, 7) is 6.55. The molecule has 6 nitrogen and oxygen atoms in total. The van der Waals surface area contributed by atoms with Crippen molar-refractivity contribution in [3.05, 3.63) is 59.2 Å². The highest BCUT2D eigenvalue weighted by Crippen LogP contribution is 2.22. The highest BCUT2D eigenvalue weighted by atomic mass is 16.5. The Labute approximate surface area is 172 Å². The van der Waals surface area contributed by atoms with E-state index in [1.165, 1.54) is 19.3 Å². The number of hydrazone groups is 1. The number of nitrogens with zero attached hydrogens (tertiary/aromatic N) is 2. The number of carbonyl (C=O) groups excluding carboxylic acids is 1. The monoisotopic (exact) mass is 395 g/mol. The molecule has 2 aromatic carbocycles. The molecule has 0 aromatic heterocycles. The standard InChI is InChI=1S/C23H29N3O3/c1-17-7-6-8-21(13-17)29-16-23(28)25-24-18(2)19-9-10-22(27)20(14-19)15-26-11-4-3-5-12-26/h6-10,13-14,27H,3-5,11-12,15-16H2,1-2H3,(H,25,28)/b24-18+. The SMILES string of the molecule is C/C(=N\NC(=O)COc1cccc(C)c1)c1ccc(O)c(CN2CCCCC2)c1. The number of ether oxygens (including phenoxy) is 1. The van der Waals surface area contributed by atoms with Crippen LogP contribution in [0.4, 0.5) is 0 Å². The Balaban J connectivity index is 1.57. The largest absolute Gasteiger partial charge is 0.508 e. The number of aryl methyl sites for hydroxylation is 1. The molecule has 29 heavy (non-hydrogen) atoms. The summed E-state index contributed by atoms with van der Waals surface area (Å²) < 4.78 is 5.49. The minimum atomic E-state index is -0.321. The molecule has 0 atom stereocenters. The van der Waals surface area contributed by atoms with Crippen LogP contribution >= 0.6 is 0 Å². The molecule has 0 radical (unpaired) electrons. The molecule has 1 amide bonds. The second kappa shape index (κ2) is 10.1. The molecule has 6 heteroatoms. The van der Waals surface area contributed by atoms with Gasteiger partial charge in [-0.3, -0.25) is 9.69 Å². The zero-order chi connectivity index (χ0) is 20.6. The predicted octanol–water partition coefficient (Wildman–Crippen LogP) is 3.61. The Morgan fingerprint density at radius 1 is 1.17 bits per heavy atom. The Morgan fingerprint density at radius 3 is 2.72 bits per heavy atom. The Bertz CT molecular complexity index is 873. The van der Waals surface area contributed by atoms with Crippen LogP contribution in [0.3, 0.4) is 0 Å². The summed E-state index contributed by atoms with van der Waals surface area (Å²) in [5, 5.41) is 14.4. The summed E-state index contributed by atoms with van der Waals surface area (Å²) in [6, 6.07) is 13.0. The number of rotatable bonds is 7. The van der Waals surface area contributed by atoms with Gasteiger partial charge in [0, 0.05) is 12.1 Å². The van der Waals surface area contributed by atoms with Crippen molar-refractivity contribution in [3.63, 3.8) is 0 Å². The minimum Gasteiger partial charge on any atom is -0.508 e. The van der Waals surface area contributed by atoms with Gasteiger partial charge >= 0.3 is 0 Å². The topological polar surface area (TPSA) is 74.2 Å². The number of amides is 1. The van der Waals surface area contributed by atoms with Crippen LogP contribution in [0.15, 0.2) is 47.6 Å². The number of likely N-dealkylation sites (tertiary alicyclic amines) is 1. The summed E-state index contributed by atoms with van der Waals surface area (Å²) in [5.41, 5.74) is 6.03. The minimum absolute atomic E-state index is 0.101. The van der Waals surface area contributed by atoms with Gasteiger partial charge in [0.05, 0.1) is 5.71 Å². The first-order valence-corrected chi connectivity index (χ1v) is 10.1. The lowest BCUT2D eigenvalue weighted by Gasteiger charge is -2.26. The Morgan fingerprint density at radius 2 is 1.97 bits per heavy atom. The molecular formula is C23H29N3O3.